The van der Waals surface area contributed by atoms with Crippen molar-refractivity contribution in [1.82, 2.24) is 0 Å². The van der Waals surface area contributed by atoms with Crippen LogP contribution in [0, 0.1) is 5.92 Å². The number of nitrogens with one attached hydrogen (secondary N) is 1. The minimum Gasteiger partial charge on any atom is -0.480 e. The minimum atomic E-state index is -0.871. The molecule has 1 unspecified atom stereocenters. The Hall–Kier alpha value is -1.49. The number of thioether (sulfide) groups is 1. The third-order valence-corrected chi connectivity index (χ3v) is 4.61. The molecule has 0 saturated carbocycles. The van der Waals surface area contributed by atoms with Crippen LogP contribution in [0.5, 0.6) is 0 Å². The summed E-state index contributed by atoms with van der Waals surface area (Å²) in [6, 6.07) is 7.72. The first-order chi connectivity index (χ1) is 9.81. The number of benzene rings is 1. The van der Waals surface area contributed by atoms with Gasteiger partial charge in [0.15, 0.2) is 0 Å². The van der Waals surface area contributed by atoms with Gasteiger partial charge in [-0.1, -0.05) is 39.8 Å². The topological polar surface area (TPSA) is 66.4 Å². The van der Waals surface area contributed by atoms with Gasteiger partial charge >= 0.3 is 5.97 Å². The summed E-state index contributed by atoms with van der Waals surface area (Å²) in [4.78, 5) is 23.0. The number of aliphatic carboxylic acids is 1. The Morgan fingerprint density at radius 2 is 1.90 bits per heavy atom. The summed E-state index contributed by atoms with van der Waals surface area (Å²) in [6.45, 7) is 7.87. The molecule has 0 saturated heterocycles. The predicted octanol–water partition coefficient (Wildman–Crippen LogP) is 3.59. The molecule has 1 amide bonds. The molecule has 0 fully saturated rings. The van der Waals surface area contributed by atoms with Crippen LogP contribution in [0.1, 0.15) is 39.2 Å². The lowest BCUT2D eigenvalue weighted by atomic mass is 10.0. The molecule has 0 heterocycles. The van der Waals surface area contributed by atoms with Gasteiger partial charge in [0.25, 0.3) is 0 Å². The van der Waals surface area contributed by atoms with E-state index in [1.165, 1.54) is 0 Å². The molecule has 0 aliphatic carbocycles. The van der Waals surface area contributed by atoms with E-state index in [1.54, 1.807) is 0 Å². The SMILES string of the molecule is CC(C)c1cccc(NC(=O)CSC(C(=O)O)C(C)C)c1. The zero-order valence-corrected chi connectivity index (χ0v) is 13.7. The average molecular weight is 309 g/mol. The van der Waals surface area contributed by atoms with Crippen molar-refractivity contribution in [2.75, 3.05) is 11.1 Å². The summed E-state index contributed by atoms with van der Waals surface area (Å²) in [5.74, 6) is -0.517. The average Bonchev–Trinajstić information content (AvgIpc) is 2.38. The maximum absolute atomic E-state index is 11.9. The molecular weight excluding hydrogens is 286 g/mol. The number of rotatable bonds is 7. The lowest BCUT2D eigenvalue weighted by molar-refractivity contribution is -0.137. The zero-order chi connectivity index (χ0) is 16.0. The number of carbonyl (C=O) groups excluding carboxylic acids is 1. The first kappa shape index (κ1) is 17.6. The Bertz CT molecular complexity index is 500. The maximum atomic E-state index is 11.9. The summed E-state index contributed by atoms with van der Waals surface area (Å²) in [5.41, 5.74) is 1.91. The highest BCUT2D eigenvalue weighted by atomic mass is 32.2. The van der Waals surface area contributed by atoms with E-state index in [4.69, 9.17) is 5.11 Å². The molecule has 2 N–H and O–H groups in total. The monoisotopic (exact) mass is 309 g/mol. The Balaban J connectivity index is 2.58. The first-order valence-corrected chi connectivity index (χ1v) is 8.10. The Morgan fingerprint density at radius 3 is 2.43 bits per heavy atom. The molecule has 21 heavy (non-hydrogen) atoms. The van der Waals surface area contributed by atoms with Gasteiger partial charge in [0.1, 0.15) is 5.25 Å². The number of anilines is 1. The molecule has 4 nitrogen and oxygen atoms in total. The van der Waals surface area contributed by atoms with E-state index in [1.807, 2.05) is 38.1 Å². The van der Waals surface area contributed by atoms with Gasteiger partial charge in [-0.15, -0.1) is 11.8 Å². The lowest BCUT2D eigenvalue weighted by Crippen LogP contribution is -2.25. The van der Waals surface area contributed by atoms with Crippen LogP contribution in [0.25, 0.3) is 0 Å². The Morgan fingerprint density at radius 1 is 1.24 bits per heavy atom. The number of amides is 1. The van der Waals surface area contributed by atoms with Crippen LogP contribution in [0.2, 0.25) is 0 Å². The zero-order valence-electron chi connectivity index (χ0n) is 12.9. The molecule has 0 aliphatic rings. The first-order valence-electron chi connectivity index (χ1n) is 7.05. The van der Waals surface area contributed by atoms with Gasteiger partial charge in [-0.05, 0) is 29.5 Å². The summed E-state index contributed by atoms with van der Waals surface area (Å²) < 4.78 is 0. The van der Waals surface area contributed by atoms with E-state index in [9.17, 15) is 9.59 Å². The second-order valence-electron chi connectivity index (χ2n) is 5.64. The van der Waals surface area contributed by atoms with Crippen LogP contribution in [-0.4, -0.2) is 28.0 Å². The van der Waals surface area contributed by atoms with E-state index in [0.717, 1.165) is 23.0 Å². The Kier molecular flexibility index (Phi) is 6.75. The third kappa shape index (κ3) is 5.79. The van der Waals surface area contributed by atoms with Crippen molar-refractivity contribution in [2.45, 2.75) is 38.9 Å². The van der Waals surface area contributed by atoms with Crippen LogP contribution >= 0.6 is 11.8 Å². The van der Waals surface area contributed by atoms with Crippen molar-refractivity contribution >= 4 is 29.3 Å². The molecule has 0 aliphatic heterocycles. The molecule has 1 aromatic rings. The van der Waals surface area contributed by atoms with E-state index in [-0.39, 0.29) is 17.6 Å². The van der Waals surface area contributed by atoms with Gasteiger partial charge < -0.3 is 10.4 Å². The van der Waals surface area contributed by atoms with Crippen molar-refractivity contribution in [2.24, 2.45) is 5.92 Å². The lowest BCUT2D eigenvalue weighted by Gasteiger charge is -2.15. The highest BCUT2D eigenvalue weighted by Gasteiger charge is 2.22. The predicted molar refractivity (Wildman–Crippen MR) is 87.9 cm³/mol. The molecule has 1 atom stereocenters. The van der Waals surface area contributed by atoms with Crippen molar-refractivity contribution in [1.29, 1.82) is 0 Å². The standard InChI is InChI=1S/C16H23NO3S/c1-10(2)12-6-5-7-13(8-12)17-14(18)9-21-15(11(3)4)16(19)20/h5-8,10-11,15H,9H2,1-4H3,(H,17,18)(H,19,20). The number of hydrogen-bond donors (Lipinski definition) is 2. The van der Waals surface area contributed by atoms with E-state index >= 15 is 0 Å². The molecule has 1 rings (SSSR count). The molecule has 0 radical (unpaired) electrons. The number of carboxylic acids is 1. The fourth-order valence-electron chi connectivity index (χ4n) is 1.89. The van der Waals surface area contributed by atoms with Crippen molar-refractivity contribution in [3.63, 3.8) is 0 Å². The van der Waals surface area contributed by atoms with Gasteiger partial charge in [-0.3, -0.25) is 9.59 Å². The van der Waals surface area contributed by atoms with Crippen LogP contribution in [0.15, 0.2) is 24.3 Å². The van der Waals surface area contributed by atoms with Gasteiger partial charge in [0.2, 0.25) is 5.91 Å². The highest BCUT2D eigenvalue weighted by Crippen LogP contribution is 2.21. The number of carboxylic acid groups (broad SMARTS) is 1. The van der Waals surface area contributed by atoms with Crippen LogP contribution in [-0.2, 0) is 9.59 Å². The summed E-state index contributed by atoms with van der Waals surface area (Å²) in [7, 11) is 0. The van der Waals surface area contributed by atoms with Crippen molar-refractivity contribution in [3.05, 3.63) is 29.8 Å². The normalized spacial score (nSPS) is 12.5. The van der Waals surface area contributed by atoms with Gasteiger partial charge in [-0.2, -0.15) is 0 Å². The molecule has 0 aromatic heterocycles. The fraction of sp³-hybridized carbons (Fsp3) is 0.500. The highest BCUT2D eigenvalue weighted by molar-refractivity contribution is 8.01. The van der Waals surface area contributed by atoms with Crippen LogP contribution in [0.3, 0.4) is 0 Å². The molecular formula is C16H23NO3S. The maximum Gasteiger partial charge on any atom is 0.316 e. The van der Waals surface area contributed by atoms with E-state index in [0.29, 0.717) is 5.92 Å². The van der Waals surface area contributed by atoms with Crippen LogP contribution in [0.4, 0.5) is 5.69 Å². The van der Waals surface area contributed by atoms with Crippen LogP contribution < -0.4 is 5.32 Å². The second-order valence-corrected chi connectivity index (χ2v) is 6.77. The van der Waals surface area contributed by atoms with Gasteiger partial charge in [-0.25, -0.2) is 0 Å². The molecule has 1 aromatic carbocycles. The van der Waals surface area contributed by atoms with Gasteiger partial charge in [0, 0.05) is 5.69 Å². The van der Waals surface area contributed by atoms with E-state index in [2.05, 4.69) is 19.2 Å². The fourth-order valence-corrected chi connectivity index (χ4v) is 2.82. The number of hydrogen-bond acceptors (Lipinski definition) is 3. The molecule has 0 spiro atoms. The van der Waals surface area contributed by atoms with Crippen molar-refractivity contribution in [3.8, 4) is 0 Å². The summed E-state index contributed by atoms with van der Waals surface area (Å²) in [6.07, 6.45) is 0. The molecule has 5 heteroatoms. The summed E-state index contributed by atoms with van der Waals surface area (Å²) in [5, 5.41) is 11.4. The van der Waals surface area contributed by atoms with Crippen molar-refractivity contribution < 1.29 is 14.7 Å². The quantitative estimate of drug-likeness (QED) is 0.808. The number of carbonyl (C=O) groups is 2. The second kappa shape index (κ2) is 8.08. The smallest absolute Gasteiger partial charge is 0.316 e. The van der Waals surface area contributed by atoms with E-state index < -0.39 is 11.2 Å². The third-order valence-electron chi connectivity index (χ3n) is 3.08. The summed E-state index contributed by atoms with van der Waals surface area (Å²) >= 11 is 1.16. The molecule has 0 bridgehead atoms. The molecule has 116 valence electrons. The Labute approximate surface area is 130 Å². The van der Waals surface area contributed by atoms with Gasteiger partial charge in [0.05, 0.1) is 5.75 Å². The largest absolute Gasteiger partial charge is 0.480 e. The minimum absolute atomic E-state index is 0.00966.